The molecule has 0 radical (unpaired) electrons. The van der Waals surface area contributed by atoms with Gasteiger partial charge in [-0.05, 0) is 14.0 Å². The molecule has 0 spiro atoms. The number of hydrogen-bond donors (Lipinski definition) is 1. The van der Waals surface area contributed by atoms with Gasteiger partial charge in [-0.3, -0.25) is 4.90 Å². The van der Waals surface area contributed by atoms with E-state index in [1.165, 1.54) is 0 Å². The normalized spacial score (nSPS) is 24.2. The van der Waals surface area contributed by atoms with Gasteiger partial charge in [0.2, 0.25) is 0 Å². The highest BCUT2D eigenvalue weighted by Gasteiger charge is 2.28. The van der Waals surface area contributed by atoms with E-state index in [0.29, 0.717) is 6.54 Å². The van der Waals surface area contributed by atoms with E-state index in [1.807, 2.05) is 14.0 Å². The minimum atomic E-state index is -2.83. The fraction of sp³-hybridized carbons (Fsp3) is 0.727. The van der Waals surface area contributed by atoms with Crippen LogP contribution in [0.4, 0.5) is 0 Å². The van der Waals surface area contributed by atoms with Crippen molar-refractivity contribution in [1.82, 2.24) is 15.2 Å². The smallest absolute Gasteiger partial charge is 0.153 e. The number of sulfone groups is 1. The average Bonchev–Trinajstić information content (AvgIpc) is 2.70. The largest absolute Gasteiger partial charge is 0.314 e. The molecule has 1 aromatic heterocycles. The molecule has 0 bridgehead atoms. The van der Waals surface area contributed by atoms with E-state index in [2.05, 4.69) is 20.6 Å². The Bertz CT molecular complexity index is 498. The van der Waals surface area contributed by atoms with Crippen molar-refractivity contribution in [2.24, 2.45) is 0 Å². The van der Waals surface area contributed by atoms with E-state index < -0.39 is 9.84 Å². The van der Waals surface area contributed by atoms with Gasteiger partial charge in [-0.2, -0.15) is 0 Å². The Kier molecular flexibility index (Phi) is 4.37. The molecule has 18 heavy (non-hydrogen) atoms. The van der Waals surface area contributed by atoms with Crippen LogP contribution in [0.1, 0.15) is 17.6 Å². The van der Waals surface area contributed by atoms with Crippen LogP contribution < -0.4 is 5.32 Å². The van der Waals surface area contributed by atoms with Crippen molar-refractivity contribution in [1.29, 1.82) is 0 Å². The molecular formula is C11H19N3O2S2. The molecule has 1 N–H and O–H groups in total. The zero-order valence-electron chi connectivity index (χ0n) is 10.7. The van der Waals surface area contributed by atoms with E-state index in [-0.39, 0.29) is 17.5 Å². The number of thiazole rings is 1. The monoisotopic (exact) mass is 289 g/mol. The van der Waals surface area contributed by atoms with Gasteiger partial charge in [0.05, 0.1) is 17.2 Å². The lowest BCUT2D eigenvalue weighted by molar-refractivity contribution is 0.216. The minimum absolute atomic E-state index is 0.0817. The number of nitrogens with one attached hydrogen (secondary N) is 1. The second kappa shape index (κ2) is 5.64. The maximum absolute atomic E-state index is 11.5. The second-order valence-electron chi connectivity index (χ2n) is 4.70. The van der Waals surface area contributed by atoms with Gasteiger partial charge in [-0.1, -0.05) is 0 Å². The summed E-state index contributed by atoms with van der Waals surface area (Å²) in [5, 5.41) is 6.21. The summed E-state index contributed by atoms with van der Waals surface area (Å²) >= 11 is 1.65. The molecule has 1 unspecified atom stereocenters. The highest BCUT2D eigenvalue weighted by molar-refractivity contribution is 7.91. The maximum atomic E-state index is 11.5. The first-order chi connectivity index (χ1) is 8.50. The van der Waals surface area contributed by atoms with Crippen molar-refractivity contribution >= 4 is 21.2 Å². The van der Waals surface area contributed by atoms with Crippen LogP contribution in [0.2, 0.25) is 0 Å². The lowest BCUT2D eigenvalue weighted by Gasteiger charge is -2.32. The topological polar surface area (TPSA) is 62.3 Å². The van der Waals surface area contributed by atoms with Crippen molar-refractivity contribution in [3.8, 4) is 0 Å². The molecule has 1 fully saturated rings. The van der Waals surface area contributed by atoms with Crippen molar-refractivity contribution < 1.29 is 8.42 Å². The average molecular weight is 289 g/mol. The van der Waals surface area contributed by atoms with Gasteiger partial charge in [0.15, 0.2) is 9.84 Å². The first-order valence-corrected chi connectivity index (χ1v) is 8.72. The van der Waals surface area contributed by atoms with Gasteiger partial charge in [-0.15, -0.1) is 11.3 Å². The Labute approximate surface area is 112 Å². The van der Waals surface area contributed by atoms with Crippen molar-refractivity contribution in [3.05, 3.63) is 16.1 Å². The molecule has 1 saturated heterocycles. The van der Waals surface area contributed by atoms with Gasteiger partial charge >= 0.3 is 0 Å². The van der Waals surface area contributed by atoms with Crippen LogP contribution in [0, 0.1) is 0 Å². The minimum Gasteiger partial charge on any atom is -0.314 e. The first kappa shape index (κ1) is 13.9. The summed E-state index contributed by atoms with van der Waals surface area (Å²) in [5.41, 5.74) is 1.04. The van der Waals surface area contributed by atoms with Gasteiger partial charge in [0.1, 0.15) is 5.01 Å². The van der Waals surface area contributed by atoms with Crippen LogP contribution in [-0.2, 0) is 22.9 Å². The van der Waals surface area contributed by atoms with Crippen molar-refractivity contribution in [2.45, 2.75) is 26.1 Å². The van der Waals surface area contributed by atoms with E-state index in [4.69, 9.17) is 0 Å². The van der Waals surface area contributed by atoms with Crippen LogP contribution in [0.5, 0.6) is 0 Å². The molecule has 0 aliphatic carbocycles. The molecule has 1 aliphatic rings. The third-order valence-corrected chi connectivity index (χ3v) is 5.79. The Morgan fingerprint density at radius 1 is 1.61 bits per heavy atom. The fourth-order valence-electron chi connectivity index (χ4n) is 2.13. The van der Waals surface area contributed by atoms with Gasteiger partial charge < -0.3 is 5.32 Å². The summed E-state index contributed by atoms with van der Waals surface area (Å²) in [6.07, 6.45) is 0. The molecule has 0 amide bonds. The van der Waals surface area contributed by atoms with Crippen LogP contribution in [0.25, 0.3) is 0 Å². The van der Waals surface area contributed by atoms with E-state index in [1.54, 1.807) is 11.3 Å². The third kappa shape index (κ3) is 3.50. The molecule has 2 rings (SSSR count). The van der Waals surface area contributed by atoms with E-state index in [9.17, 15) is 8.42 Å². The van der Waals surface area contributed by atoms with Crippen molar-refractivity contribution in [2.75, 3.05) is 25.1 Å². The van der Waals surface area contributed by atoms with Gasteiger partial charge in [-0.25, -0.2) is 13.4 Å². The molecule has 2 heterocycles. The van der Waals surface area contributed by atoms with Crippen LogP contribution in [0.15, 0.2) is 5.38 Å². The molecule has 5 nitrogen and oxygen atoms in total. The highest BCUT2D eigenvalue weighted by atomic mass is 32.2. The molecule has 1 aliphatic heterocycles. The quantitative estimate of drug-likeness (QED) is 0.873. The second-order valence-corrected chi connectivity index (χ2v) is 7.87. The molecule has 0 saturated carbocycles. The summed E-state index contributed by atoms with van der Waals surface area (Å²) in [7, 11) is -0.929. The SMILES string of the molecule is CNCc1nc(CN2CCS(=O)(=O)CC2C)cs1. The molecular weight excluding hydrogens is 270 g/mol. The molecule has 1 aromatic rings. The number of hydrogen-bond acceptors (Lipinski definition) is 6. The Morgan fingerprint density at radius 2 is 2.39 bits per heavy atom. The van der Waals surface area contributed by atoms with Crippen LogP contribution in [0.3, 0.4) is 0 Å². The maximum Gasteiger partial charge on any atom is 0.153 e. The predicted octanol–water partition coefficient (Wildman–Crippen LogP) is 0.481. The summed E-state index contributed by atoms with van der Waals surface area (Å²) in [4.78, 5) is 6.72. The van der Waals surface area contributed by atoms with Gasteiger partial charge in [0.25, 0.3) is 0 Å². The van der Waals surface area contributed by atoms with Crippen molar-refractivity contribution in [3.63, 3.8) is 0 Å². The van der Waals surface area contributed by atoms with E-state index >= 15 is 0 Å². The van der Waals surface area contributed by atoms with Crippen LogP contribution >= 0.6 is 11.3 Å². The molecule has 0 aromatic carbocycles. The molecule has 1 atom stereocenters. The van der Waals surface area contributed by atoms with E-state index in [0.717, 1.165) is 23.8 Å². The first-order valence-electron chi connectivity index (χ1n) is 6.02. The summed E-state index contributed by atoms with van der Waals surface area (Å²) in [6, 6.07) is 0.0817. The lowest BCUT2D eigenvalue weighted by Crippen LogP contribution is -2.46. The lowest BCUT2D eigenvalue weighted by atomic mass is 10.3. The Hall–Kier alpha value is -0.500. The van der Waals surface area contributed by atoms with Gasteiger partial charge in [0, 0.05) is 31.1 Å². The van der Waals surface area contributed by atoms with Crippen LogP contribution in [-0.4, -0.2) is 49.4 Å². The summed E-state index contributed by atoms with van der Waals surface area (Å²) < 4.78 is 23.0. The number of aromatic nitrogens is 1. The Morgan fingerprint density at radius 3 is 3.06 bits per heavy atom. The predicted molar refractivity (Wildman–Crippen MR) is 73.4 cm³/mol. The zero-order valence-corrected chi connectivity index (χ0v) is 12.4. The zero-order chi connectivity index (χ0) is 13.2. The number of rotatable bonds is 4. The Balaban J connectivity index is 1.97. The summed E-state index contributed by atoms with van der Waals surface area (Å²) in [6.45, 7) is 4.12. The standard InChI is InChI=1S/C11H19N3O2S2/c1-9-8-18(15,16)4-3-14(9)6-10-7-17-11(13-10)5-12-2/h7,9,12H,3-6,8H2,1-2H3. The molecule has 7 heteroatoms. The fourth-order valence-corrected chi connectivity index (χ4v) is 4.55. The summed E-state index contributed by atoms with van der Waals surface area (Å²) in [5.74, 6) is 0.533. The highest BCUT2D eigenvalue weighted by Crippen LogP contribution is 2.17. The molecule has 102 valence electrons. The number of nitrogens with zero attached hydrogens (tertiary/aromatic N) is 2. The third-order valence-electron chi connectivity index (χ3n) is 3.10.